The van der Waals surface area contributed by atoms with E-state index in [0.29, 0.717) is 18.0 Å². The van der Waals surface area contributed by atoms with Crippen molar-refractivity contribution in [3.05, 3.63) is 35.4 Å². The molecule has 1 saturated heterocycles. The fourth-order valence-electron chi connectivity index (χ4n) is 3.74. The van der Waals surface area contributed by atoms with E-state index in [-0.39, 0.29) is 5.91 Å². The van der Waals surface area contributed by atoms with E-state index in [1.54, 1.807) is 12.1 Å². The van der Waals surface area contributed by atoms with E-state index >= 15 is 0 Å². The van der Waals surface area contributed by atoms with Gasteiger partial charge in [0, 0.05) is 12.6 Å². The molecule has 1 aliphatic carbocycles. The quantitative estimate of drug-likeness (QED) is 0.827. The molecule has 3 heteroatoms. The lowest BCUT2D eigenvalue weighted by molar-refractivity contribution is -0.135. The number of carbonyl (C=O) groups excluding carboxylic acids is 1. The van der Waals surface area contributed by atoms with Gasteiger partial charge in [-0.1, -0.05) is 18.6 Å². The maximum absolute atomic E-state index is 12.5. The lowest BCUT2D eigenvalue weighted by Crippen LogP contribution is -2.46. The zero-order valence-electron chi connectivity index (χ0n) is 11.7. The summed E-state index contributed by atoms with van der Waals surface area (Å²) in [4.78, 5) is 14.6. The lowest BCUT2D eigenvalue weighted by atomic mass is 9.91. The smallest absolute Gasteiger partial charge is 0.227 e. The second-order valence-corrected chi connectivity index (χ2v) is 5.97. The molecule has 0 bridgehead atoms. The van der Waals surface area contributed by atoms with E-state index in [9.17, 15) is 4.79 Å². The minimum atomic E-state index is 0.256. The van der Waals surface area contributed by atoms with Crippen LogP contribution in [-0.2, 0) is 11.2 Å². The Morgan fingerprint density at radius 3 is 2.70 bits per heavy atom. The highest BCUT2D eigenvalue weighted by Crippen LogP contribution is 2.36. The van der Waals surface area contributed by atoms with Gasteiger partial charge in [-0.25, -0.2) is 0 Å². The zero-order valence-corrected chi connectivity index (χ0v) is 11.7. The van der Waals surface area contributed by atoms with E-state index < -0.39 is 0 Å². The van der Waals surface area contributed by atoms with Gasteiger partial charge in [0.25, 0.3) is 0 Å². The van der Waals surface area contributed by atoms with Gasteiger partial charge in [0.15, 0.2) is 0 Å². The average molecular weight is 268 g/mol. The summed E-state index contributed by atoms with van der Waals surface area (Å²) in [6, 6.07) is 9.97. The Bertz CT molecular complexity index is 529. The number of hydrogen-bond donors (Lipinski definition) is 0. The van der Waals surface area contributed by atoms with Crippen LogP contribution in [0, 0.1) is 17.2 Å². The topological polar surface area (TPSA) is 44.1 Å². The first-order valence-corrected chi connectivity index (χ1v) is 7.56. The molecular weight excluding hydrogens is 248 g/mol. The number of amides is 1. The van der Waals surface area contributed by atoms with Crippen LogP contribution >= 0.6 is 0 Å². The van der Waals surface area contributed by atoms with Gasteiger partial charge in [0.05, 0.1) is 18.1 Å². The number of likely N-dealkylation sites (tertiary alicyclic amines) is 1. The normalized spacial score (nSPS) is 25.1. The third-order valence-corrected chi connectivity index (χ3v) is 4.75. The largest absolute Gasteiger partial charge is 0.339 e. The Morgan fingerprint density at radius 2 is 1.95 bits per heavy atom. The molecule has 0 N–H and O–H groups in total. The van der Waals surface area contributed by atoms with Crippen molar-refractivity contribution < 1.29 is 4.79 Å². The van der Waals surface area contributed by atoms with E-state index in [1.165, 1.54) is 25.7 Å². The van der Waals surface area contributed by atoms with Crippen LogP contribution in [0.1, 0.15) is 43.2 Å². The summed E-state index contributed by atoms with van der Waals surface area (Å²) in [5, 5.41) is 8.79. The van der Waals surface area contributed by atoms with Crippen molar-refractivity contribution in [2.45, 2.75) is 44.6 Å². The van der Waals surface area contributed by atoms with Crippen molar-refractivity contribution in [2.75, 3.05) is 6.54 Å². The summed E-state index contributed by atoms with van der Waals surface area (Å²) in [6.07, 6.45) is 6.67. The molecule has 2 atom stereocenters. The fraction of sp³-hybridized carbons (Fsp3) is 0.529. The Hall–Kier alpha value is -1.82. The average Bonchev–Trinajstić information content (AvgIpc) is 2.96. The van der Waals surface area contributed by atoms with Crippen LogP contribution in [0.25, 0.3) is 0 Å². The van der Waals surface area contributed by atoms with Crippen LogP contribution in [0.3, 0.4) is 0 Å². The van der Waals surface area contributed by atoms with Crippen molar-refractivity contribution in [2.24, 2.45) is 5.92 Å². The van der Waals surface area contributed by atoms with Gasteiger partial charge >= 0.3 is 0 Å². The number of hydrogen-bond acceptors (Lipinski definition) is 2. The van der Waals surface area contributed by atoms with E-state index in [0.717, 1.165) is 24.4 Å². The number of fused-ring (bicyclic) bond motifs is 1. The molecule has 3 rings (SSSR count). The predicted molar refractivity (Wildman–Crippen MR) is 76.9 cm³/mol. The molecular formula is C17H20N2O. The second-order valence-electron chi connectivity index (χ2n) is 5.97. The SMILES string of the molecule is N#Cc1ccc(CC(=O)N2CCCC3CCCC32)cc1. The van der Waals surface area contributed by atoms with Crippen LogP contribution in [0.4, 0.5) is 0 Å². The number of nitrogens with zero attached hydrogens (tertiary/aromatic N) is 2. The molecule has 1 aromatic carbocycles. The summed E-state index contributed by atoms with van der Waals surface area (Å²) in [5.74, 6) is 1.000. The molecule has 2 aliphatic rings. The molecule has 2 fully saturated rings. The fourth-order valence-corrected chi connectivity index (χ4v) is 3.74. The van der Waals surface area contributed by atoms with Gasteiger partial charge in [-0.05, 0) is 49.3 Å². The highest BCUT2D eigenvalue weighted by atomic mass is 16.2. The van der Waals surface area contributed by atoms with Crippen molar-refractivity contribution in [3.63, 3.8) is 0 Å². The van der Waals surface area contributed by atoms with Crippen molar-refractivity contribution in [3.8, 4) is 6.07 Å². The first-order chi connectivity index (χ1) is 9.78. The van der Waals surface area contributed by atoms with E-state index in [4.69, 9.17) is 5.26 Å². The van der Waals surface area contributed by atoms with Crippen LogP contribution < -0.4 is 0 Å². The van der Waals surface area contributed by atoms with Crippen molar-refractivity contribution in [1.29, 1.82) is 5.26 Å². The summed E-state index contributed by atoms with van der Waals surface area (Å²) in [5.41, 5.74) is 1.66. The highest BCUT2D eigenvalue weighted by molar-refractivity contribution is 5.79. The first kappa shape index (κ1) is 13.2. The number of carbonyl (C=O) groups is 1. The predicted octanol–water partition coefficient (Wildman–Crippen LogP) is 2.89. The Balaban J connectivity index is 1.67. The standard InChI is InChI=1S/C17H20N2O/c18-12-14-8-6-13(7-9-14)11-17(20)19-10-2-4-15-3-1-5-16(15)19/h6-9,15-16H,1-5,10-11H2. The minimum absolute atomic E-state index is 0.256. The highest BCUT2D eigenvalue weighted by Gasteiger charge is 2.36. The first-order valence-electron chi connectivity index (χ1n) is 7.56. The molecule has 1 aromatic rings. The maximum Gasteiger partial charge on any atom is 0.227 e. The number of benzene rings is 1. The van der Waals surface area contributed by atoms with Crippen LogP contribution in [0.5, 0.6) is 0 Å². The number of piperidine rings is 1. The molecule has 0 radical (unpaired) electrons. The van der Waals surface area contributed by atoms with Crippen LogP contribution in [0.15, 0.2) is 24.3 Å². The van der Waals surface area contributed by atoms with Crippen molar-refractivity contribution >= 4 is 5.91 Å². The molecule has 1 aliphatic heterocycles. The van der Waals surface area contributed by atoms with E-state index in [2.05, 4.69) is 11.0 Å². The minimum Gasteiger partial charge on any atom is -0.339 e. The van der Waals surface area contributed by atoms with Crippen LogP contribution in [0.2, 0.25) is 0 Å². The Labute approximate surface area is 120 Å². The van der Waals surface area contributed by atoms with E-state index in [1.807, 2.05) is 12.1 Å². The Morgan fingerprint density at radius 1 is 1.20 bits per heavy atom. The third kappa shape index (κ3) is 2.56. The third-order valence-electron chi connectivity index (χ3n) is 4.75. The van der Waals surface area contributed by atoms with Crippen LogP contribution in [-0.4, -0.2) is 23.4 Å². The molecule has 0 spiro atoms. The molecule has 104 valence electrons. The molecule has 0 aromatic heterocycles. The van der Waals surface area contributed by atoms with Crippen molar-refractivity contribution in [1.82, 2.24) is 4.90 Å². The molecule has 3 nitrogen and oxygen atoms in total. The van der Waals surface area contributed by atoms with Gasteiger partial charge in [-0.3, -0.25) is 4.79 Å². The molecule has 1 heterocycles. The number of nitriles is 1. The maximum atomic E-state index is 12.5. The molecule has 2 unspecified atom stereocenters. The van der Waals surface area contributed by atoms with Gasteiger partial charge < -0.3 is 4.90 Å². The summed E-state index contributed by atoms with van der Waals surface area (Å²) < 4.78 is 0. The summed E-state index contributed by atoms with van der Waals surface area (Å²) in [6.45, 7) is 0.927. The molecule has 1 amide bonds. The zero-order chi connectivity index (χ0) is 13.9. The number of rotatable bonds is 2. The summed E-state index contributed by atoms with van der Waals surface area (Å²) in [7, 11) is 0. The van der Waals surface area contributed by atoms with Gasteiger partial charge in [-0.15, -0.1) is 0 Å². The second kappa shape index (κ2) is 5.66. The lowest BCUT2D eigenvalue weighted by Gasteiger charge is -2.38. The monoisotopic (exact) mass is 268 g/mol. The van der Waals surface area contributed by atoms with Gasteiger partial charge in [0.1, 0.15) is 0 Å². The Kier molecular flexibility index (Phi) is 3.73. The van der Waals surface area contributed by atoms with Gasteiger partial charge in [-0.2, -0.15) is 5.26 Å². The van der Waals surface area contributed by atoms with Gasteiger partial charge in [0.2, 0.25) is 5.91 Å². The molecule has 1 saturated carbocycles. The summed E-state index contributed by atoms with van der Waals surface area (Å²) >= 11 is 0. The molecule has 20 heavy (non-hydrogen) atoms.